The van der Waals surface area contributed by atoms with Crippen molar-refractivity contribution in [2.75, 3.05) is 31.2 Å². The predicted octanol–water partition coefficient (Wildman–Crippen LogP) is 5.51. The summed E-state index contributed by atoms with van der Waals surface area (Å²) in [7, 11) is 0. The number of ketones is 1. The monoisotopic (exact) mass is 491 g/mol. The number of ether oxygens (including phenoxy) is 1. The average molecular weight is 492 g/mol. The minimum atomic E-state index is -4.38. The summed E-state index contributed by atoms with van der Waals surface area (Å²) in [6.07, 6.45) is -2.28. The normalized spacial score (nSPS) is 14.2. The van der Waals surface area contributed by atoms with Crippen LogP contribution in [0.1, 0.15) is 16.7 Å². The second-order valence-electron chi connectivity index (χ2n) is 8.81. The van der Waals surface area contributed by atoms with E-state index in [1.54, 1.807) is 6.20 Å². The van der Waals surface area contributed by atoms with Crippen molar-refractivity contribution in [2.24, 2.45) is 0 Å². The number of carbonyl (C=O) groups is 1. The Morgan fingerprint density at radius 3 is 2.08 bits per heavy atom. The summed E-state index contributed by atoms with van der Waals surface area (Å²) in [6, 6.07) is 18.4. The van der Waals surface area contributed by atoms with Gasteiger partial charge < -0.3 is 9.64 Å². The molecule has 0 atom stereocenters. The Labute approximate surface area is 206 Å². The second-order valence-corrected chi connectivity index (χ2v) is 8.81. The molecule has 0 amide bonds. The zero-order valence-electron chi connectivity index (χ0n) is 19.5. The molecule has 184 valence electrons. The van der Waals surface area contributed by atoms with E-state index in [9.17, 15) is 18.0 Å². The molecule has 0 saturated carbocycles. The number of nitrogens with zero attached hydrogens (tertiary/aromatic N) is 3. The van der Waals surface area contributed by atoms with Crippen molar-refractivity contribution in [3.8, 4) is 11.1 Å². The highest BCUT2D eigenvalue weighted by molar-refractivity contribution is 5.84. The summed E-state index contributed by atoms with van der Waals surface area (Å²) in [5, 5.41) is 0. The van der Waals surface area contributed by atoms with E-state index in [1.807, 2.05) is 42.5 Å². The largest absolute Gasteiger partial charge is 0.416 e. The molecule has 1 saturated heterocycles. The maximum Gasteiger partial charge on any atom is 0.416 e. The fraction of sp³-hybridized carbons (Fsp3) is 0.250. The van der Waals surface area contributed by atoms with E-state index in [0.717, 1.165) is 58.8 Å². The molecule has 0 radical (unpaired) electrons. The van der Waals surface area contributed by atoms with Gasteiger partial charge >= 0.3 is 6.18 Å². The Morgan fingerprint density at radius 1 is 0.833 bits per heavy atom. The van der Waals surface area contributed by atoms with Crippen LogP contribution in [0.5, 0.6) is 0 Å². The highest BCUT2D eigenvalue weighted by Gasteiger charge is 2.30. The van der Waals surface area contributed by atoms with E-state index < -0.39 is 11.7 Å². The van der Waals surface area contributed by atoms with Crippen LogP contribution in [-0.2, 0) is 28.5 Å². The first kappa shape index (κ1) is 23.9. The number of alkyl halides is 3. The van der Waals surface area contributed by atoms with Gasteiger partial charge in [0, 0.05) is 25.9 Å². The van der Waals surface area contributed by atoms with Crippen molar-refractivity contribution >= 4 is 22.6 Å². The van der Waals surface area contributed by atoms with Crippen molar-refractivity contribution in [3.05, 3.63) is 89.6 Å². The molecule has 0 N–H and O–H groups in total. The summed E-state index contributed by atoms with van der Waals surface area (Å²) in [6.45, 7) is 2.94. The number of carbonyl (C=O) groups excluding carboxylic acids is 1. The van der Waals surface area contributed by atoms with Crippen LogP contribution < -0.4 is 4.90 Å². The van der Waals surface area contributed by atoms with Gasteiger partial charge in [-0.05, 0) is 46.5 Å². The van der Waals surface area contributed by atoms with Crippen LogP contribution in [-0.4, -0.2) is 42.1 Å². The first-order chi connectivity index (χ1) is 17.3. The van der Waals surface area contributed by atoms with Gasteiger partial charge in [0.15, 0.2) is 0 Å². The van der Waals surface area contributed by atoms with E-state index in [0.29, 0.717) is 18.8 Å². The van der Waals surface area contributed by atoms with Crippen LogP contribution >= 0.6 is 0 Å². The quantitative estimate of drug-likeness (QED) is 0.356. The summed E-state index contributed by atoms with van der Waals surface area (Å²) >= 11 is 0. The number of benzene rings is 3. The summed E-state index contributed by atoms with van der Waals surface area (Å²) in [5.74, 6) is 0.781. The maximum atomic E-state index is 12.7. The van der Waals surface area contributed by atoms with Gasteiger partial charge in [-0.3, -0.25) is 9.78 Å². The molecule has 3 aromatic carbocycles. The van der Waals surface area contributed by atoms with E-state index in [-0.39, 0.29) is 18.6 Å². The molecule has 0 spiro atoms. The second kappa shape index (κ2) is 10.1. The van der Waals surface area contributed by atoms with Gasteiger partial charge in [0.05, 0.1) is 36.0 Å². The Bertz CT molecular complexity index is 1360. The first-order valence-electron chi connectivity index (χ1n) is 11.7. The Balaban J connectivity index is 1.26. The molecule has 5 nitrogen and oxygen atoms in total. The Morgan fingerprint density at radius 2 is 1.44 bits per heavy atom. The lowest BCUT2D eigenvalue weighted by Crippen LogP contribution is -2.36. The lowest BCUT2D eigenvalue weighted by atomic mass is 9.99. The molecule has 4 aromatic rings. The summed E-state index contributed by atoms with van der Waals surface area (Å²) in [5.41, 5.74) is 4.33. The number of fused-ring (bicyclic) bond motifs is 1. The fourth-order valence-electron chi connectivity index (χ4n) is 4.27. The third-order valence-electron chi connectivity index (χ3n) is 6.24. The maximum absolute atomic E-state index is 12.7. The van der Waals surface area contributed by atoms with Gasteiger partial charge in [-0.1, -0.05) is 42.5 Å². The first-order valence-corrected chi connectivity index (χ1v) is 11.7. The number of anilines is 1. The topological polar surface area (TPSA) is 55.3 Å². The van der Waals surface area contributed by atoms with Gasteiger partial charge in [-0.25, -0.2) is 4.98 Å². The molecular formula is C28H24F3N3O2. The van der Waals surface area contributed by atoms with E-state index in [2.05, 4.69) is 9.88 Å². The molecule has 1 aliphatic rings. The number of morpholine rings is 1. The zero-order valence-corrected chi connectivity index (χ0v) is 19.5. The van der Waals surface area contributed by atoms with Crippen LogP contribution in [0.2, 0.25) is 0 Å². The number of halogens is 3. The van der Waals surface area contributed by atoms with Gasteiger partial charge in [0.2, 0.25) is 0 Å². The molecule has 1 aliphatic heterocycles. The lowest BCUT2D eigenvalue weighted by molar-refractivity contribution is -0.137. The molecular weight excluding hydrogens is 467 g/mol. The molecule has 36 heavy (non-hydrogen) atoms. The fourth-order valence-corrected chi connectivity index (χ4v) is 4.27. The highest BCUT2D eigenvalue weighted by atomic mass is 19.4. The minimum Gasteiger partial charge on any atom is -0.378 e. The third kappa shape index (κ3) is 5.54. The molecule has 5 rings (SSSR count). The molecule has 0 unspecified atom stereocenters. The molecule has 0 aliphatic carbocycles. The molecule has 8 heteroatoms. The van der Waals surface area contributed by atoms with Crippen LogP contribution in [0.4, 0.5) is 19.0 Å². The number of Topliss-reactive ketones (excluding diaryl/α,β-unsaturated/α-hetero) is 1. The summed E-state index contributed by atoms with van der Waals surface area (Å²) in [4.78, 5) is 24.0. The number of rotatable bonds is 6. The smallest absolute Gasteiger partial charge is 0.378 e. The van der Waals surface area contributed by atoms with Gasteiger partial charge in [-0.2, -0.15) is 13.2 Å². The van der Waals surface area contributed by atoms with Crippen molar-refractivity contribution in [1.82, 2.24) is 9.97 Å². The van der Waals surface area contributed by atoms with Gasteiger partial charge in [0.1, 0.15) is 11.6 Å². The van der Waals surface area contributed by atoms with Crippen molar-refractivity contribution < 1.29 is 22.7 Å². The van der Waals surface area contributed by atoms with Crippen LogP contribution in [0, 0.1) is 0 Å². The number of hydrogen-bond acceptors (Lipinski definition) is 5. The van der Waals surface area contributed by atoms with Crippen molar-refractivity contribution in [3.63, 3.8) is 0 Å². The van der Waals surface area contributed by atoms with Crippen LogP contribution in [0.15, 0.2) is 72.9 Å². The van der Waals surface area contributed by atoms with Gasteiger partial charge in [-0.15, -0.1) is 0 Å². The van der Waals surface area contributed by atoms with E-state index in [1.165, 1.54) is 12.1 Å². The SMILES string of the molecule is O=C(Cc1ccc(-c2ccc3ncc(N4CCOCC4)nc3c2)cc1)Cc1ccc(C(F)(F)F)cc1. The number of hydrogen-bond donors (Lipinski definition) is 0. The number of aromatic nitrogens is 2. The third-order valence-corrected chi connectivity index (χ3v) is 6.24. The predicted molar refractivity (Wildman–Crippen MR) is 132 cm³/mol. The molecule has 1 aromatic heterocycles. The molecule has 0 bridgehead atoms. The van der Waals surface area contributed by atoms with Crippen LogP contribution in [0.25, 0.3) is 22.2 Å². The van der Waals surface area contributed by atoms with E-state index in [4.69, 9.17) is 9.72 Å². The van der Waals surface area contributed by atoms with Crippen LogP contribution in [0.3, 0.4) is 0 Å². The standard InChI is InChI=1S/C28H24F3N3O2/c29-28(30,31)23-8-3-20(4-9-23)16-24(35)15-19-1-5-21(6-2-19)22-7-10-25-26(17-22)33-27(18-32-25)34-11-13-36-14-12-34/h1-10,17-18H,11-16H2. The molecule has 2 heterocycles. The van der Waals surface area contributed by atoms with Gasteiger partial charge in [0.25, 0.3) is 0 Å². The minimum absolute atomic E-state index is 0.0564. The van der Waals surface area contributed by atoms with Crippen molar-refractivity contribution in [1.29, 1.82) is 0 Å². The molecule has 1 fully saturated rings. The average Bonchev–Trinajstić information content (AvgIpc) is 2.89. The summed E-state index contributed by atoms with van der Waals surface area (Å²) < 4.78 is 43.6. The van der Waals surface area contributed by atoms with E-state index >= 15 is 0 Å². The lowest BCUT2D eigenvalue weighted by Gasteiger charge is -2.27. The Kier molecular flexibility index (Phi) is 6.69. The highest BCUT2D eigenvalue weighted by Crippen LogP contribution is 2.29. The zero-order chi connectivity index (χ0) is 25.1. The van der Waals surface area contributed by atoms with Crippen molar-refractivity contribution in [2.45, 2.75) is 19.0 Å². The Hall–Kier alpha value is -3.78.